The van der Waals surface area contributed by atoms with Crippen LogP contribution in [0.25, 0.3) is 5.69 Å². The third-order valence-corrected chi connectivity index (χ3v) is 3.64. The molecule has 1 amide bonds. The first-order chi connectivity index (χ1) is 10.0. The van der Waals surface area contributed by atoms with Crippen LogP contribution in [0.5, 0.6) is 0 Å². The van der Waals surface area contributed by atoms with Gasteiger partial charge in [-0.2, -0.15) is 5.10 Å². The average Bonchev–Trinajstić information content (AvgIpc) is 2.75. The molecule has 0 radical (unpaired) electrons. The summed E-state index contributed by atoms with van der Waals surface area (Å²) < 4.78 is 1.97. The zero-order chi connectivity index (χ0) is 15.4. The largest absolute Gasteiger partial charge is 0.356 e. The topological polar surface area (TPSA) is 46.9 Å². The number of aryl methyl sites for hydroxylation is 1. The Morgan fingerprint density at radius 1 is 1.24 bits per heavy atom. The number of nitrogens with zero attached hydrogens (tertiary/aromatic N) is 2. The molecule has 4 heteroatoms. The Hall–Kier alpha value is -2.10. The van der Waals surface area contributed by atoms with Gasteiger partial charge in [0.05, 0.1) is 11.4 Å². The maximum absolute atomic E-state index is 11.6. The van der Waals surface area contributed by atoms with E-state index in [-0.39, 0.29) is 11.8 Å². The number of aromatic nitrogens is 2. The highest BCUT2D eigenvalue weighted by Crippen LogP contribution is 2.18. The quantitative estimate of drug-likeness (QED) is 0.918. The van der Waals surface area contributed by atoms with Crippen molar-refractivity contribution in [3.63, 3.8) is 0 Å². The minimum atomic E-state index is 0.0271. The number of carbonyl (C=O) groups excluding carboxylic acids is 1. The van der Waals surface area contributed by atoms with E-state index in [1.165, 1.54) is 5.56 Å². The van der Waals surface area contributed by atoms with Crippen molar-refractivity contribution in [2.75, 3.05) is 6.54 Å². The Kier molecular flexibility index (Phi) is 4.78. The highest BCUT2D eigenvalue weighted by atomic mass is 16.1. The van der Waals surface area contributed by atoms with Gasteiger partial charge in [0.2, 0.25) is 5.91 Å². The zero-order valence-electron chi connectivity index (χ0n) is 13.2. The SMILES string of the molecule is Cc1nn(-c2ccccc2)c(C)c1CCNC(=O)C(C)C. The van der Waals surface area contributed by atoms with Gasteiger partial charge in [0.25, 0.3) is 0 Å². The van der Waals surface area contributed by atoms with E-state index in [1.807, 2.05) is 55.8 Å². The summed E-state index contributed by atoms with van der Waals surface area (Å²) in [6, 6.07) is 10.1. The molecule has 112 valence electrons. The predicted octanol–water partition coefficient (Wildman–Crippen LogP) is 2.80. The van der Waals surface area contributed by atoms with E-state index >= 15 is 0 Å². The van der Waals surface area contributed by atoms with Crippen LogP contribution in [-0.4, -0.2) is 22.2 Å². The van der Waals surface area contributed by atoms with Crippen molar-refractivity contribution in [3.8, 4) is 5.69 Å². The fourth-order valence-electron chi connectivity index (χ4n) is 2.37. The van der Waals surface area contributed by atoms with Crippen molar-refractivity contribution in [1.82, 2.24) is 15.1 Å². The van der Waals surface area contributed by atoms with Gasteiger partial charge >= 0.3 is 0 Å². The van der Waals surface area contributed by atoms with Gasteiger partial charge in [-0.05, 0) is 38.0 Å². The summed E-state index contributed by atoms with van der Waals surface area (Å²) in [6.45, 7) is 8.55. The number of nitrogens with one attached hydrogen (secondary N) is 1. The summed E-state index contributed by atoms with van der Waals surface area (Å²) in [4.78, 5) is 11.6. The molecule has 21 heavy (non-hydrogen) atoms. The van der Waals surface area contributed by atoms with E-state index < -0.39 is 0 Å². The molecule has 0 aliphatic rings. The molecule has 0 bridgehead atoms. The molecule has 2 rings (SSSR count). The first-order valence-corrected chi connectivity index (χ1v) is 7.39. The summed E-state index contributed by atoms with van der Waals surface area (Å²) in [5, 5.41) is 7.58. The van der Waals surface area contributed by atoms with Gasteiger partial charge in [-0.3, -0.25) is 4.79 Å². The van der Waals surface area contributed by atoms with Gasteiger partial charge in [0.15, 0.2) is 0 Å². The van der Waals surface area contributed by atoms with Crippen LogP contribution in [0.15, 0.2) is 30.3 Å². The molecule has 1 aromatic heterocycles. The summed E-state index contributed by atoms with van der Waals surface area (Å²) in [5.41, 5.74) is 4.44. The van der Waals surface area contributed by atoms with Crippen molar-refractivity contribution in [2.24, 2.45) is 5.92 Å². The van der Waals surface area contributed by atoms with E-state index in [2.05, 4.69) is 17.3 Å². The minimum absolute atomic E-state index is 0.0271. The summed E-state index contributed by atoms with van der Waals surface area (Å²) in [5.74, 6) is 0.125. The van der Waals surface area contributed by atoms with Crippen molar-refractivity contribution >= 4 is 5.91 Å². The minimum Gasteiger partial charge on any atom is -0.356 e. The third-order valence-electron chi connectivity index (χ3n) is 3.64. The predicted molar refractivity (Wildman–Crippen MR) is 84.6 cm³/mol. The number of benzene rings is 1. The lowest BCUT2D eigenvalue weighted by Crippen LogP contribution is -2.29. The van der Waals surface area contributed by atoms with Crippen LogP contribution in [-0.2, 0) is 11.2 Å². The van der Waals surface area contributed by atoms with Crippen LogP contribution in [0.4, 0.5) is 0 Å². The van der Waals surface area contributed by atoms with Crippen LogP contribution in [0.1, 0.15) is 30.8 Å². The lowest BCUT2D eigenvalue weighted by atomic mass is 10.1. The average molecular weight is 285 g/mol. The standard InChI is InChI=1S/C17H23N3O/c1-12(2)17(21)18-11-10-16-13(3)19-20(14(16)4)15-8-6-5-7-9-15/h5-9,12H,10-11H2,1-4H3,(H,18,21). The maximum Gasteiger partial charge on any atom is 0.222 e. The maximum atomic E-state index is 11.6. The Bertz CT molecular complexity index is 614. The molecule has 0 saturated heterocycles. The Morgan fingerprint density at radius 3 is 2.52 bits per heavy atom. The number of carbonyl (C=O) groups is 1. The molecule has 0 atom stereocenters. The molecule has 0 unspecified atom stereocenters. The fraction of sp³-hybridized carbons (Fsp3) is 0.412. The van der Waals surface area contributed by atoms with Crippen LogP contribution < -0.4 is 5.32 Å². The first-order valence-electron chi connectivity index (χ1n) is 7.39. The highest BCUT2D eigenvalue weighted by Gasteiger charge is 2.13. The number of hydrogen-bond acceptors (Lipinski definition) is 2. The molecule has 1 N–H and O–H groups in total. The Labute approximate surface area is 126 Å². The van der Waals surface area contributed by atoms with E-state index in [4.69, 9.17) is 0 Å². The number of rotatable bonds is 5. The molecule has 1 heterocycles. The second kappa shape index (κ2) is 6.57. The van der Waals surface area contributed by atoms with Crippen molar-refractivity contribution < 1.29 is 4.79 Å². The van der Waals surface area contributed by atoms with Gasteiger partial charge in [-0.25, -0.2) is 4.68 Å². The summed E-state index contributed by atoms with van der Waals surface area (Å²) in [6.07, 6.45) is 0.808. The van der Waals surface area contributed by atoms with Gasteiger partial charge in [0.1, 0.15) is 0 Å². The number of para-hydroxylation sites is 1. The number of amides is 1. The highest BCUT2D eigenvalue weighted by molar-refractivity contribution is 5.77. The Balaban J connectivity index is 2.11. The second-order valence-electron chi connectivity index (χ2n) is 5.59. The Morgan fingerprint density at radius 2 is 1.90 bits per heavy atom. The summed E-state index contributed by atoms with van der Waals surface area (Å²) >= 11 is 0. The lowest BCUT2D eigenvalue weighted by molar-refractivity contribution is -0.123. The smallest absolute Gasteiger partial charge is 0.222 e. The van der Waals surface area contributed by atoms with Crippen molar-refractivity contribution in [2.45, 2.75) is 34.1 Å². The third kappa shape index (κ3) is 3.51. The lowest BCUT2D eigenvalue weighted by Gasteiger charge is -2.08. The van der Waals surface area contributed by atoms with Crippen molar-refractivity contribution in [1.29, 1.82) is 0 Å². The van der Waals surface area contributed by atoms with Crippen LogP contribution >= 0.6 is 0 Å². The first kappa shape index (κ1) is 15.3. The molecule has 0 aliphatic heterocycles. The molecule has 4 nitrogen and oxygen atoms in total. The van der Waals surface area contributed by atoms with Gasteiger partial charge in [0, 0.05) is 18.2 Å². The van der Waals surface area contributed by atoms with E-state index in [9.17, 15) is 4.79 Å². The molecule has 0 aliphatic carbocycles. The number of hydrogen-bond donors (Lipinski definition) is 1. The second-order valence-corrected chi connectivity index (χ2v) is 5.59. The van der Waals surface area contributed by atoms with Gasteiger partial charge in [-0.15, -0.1) is 0 Å². The van der Waals surface area contributed by atoms with E-state index in [0.29, 0.717) is 6.54 Å². The zero-order valence-corrected chi connectivity index (χ0v) is 13.2. The molecule has 1 aromatic carbocycles. The molecular weight excluding hydrogens is 262 g/mol. The molecule has 0 saturated carbocycles. The van der Waals surface area contributed by atoms with E-state index in [0.717, 1.165) is 23.5 Å². The van der Waals surface area contributed by atoms with Gasteiger partial charge < -0.3 is 5.32 Å². The molecule has 0 fully saturated rings. The van der Waals surface area contributed by atoms with E-state index in [1.54, 1.807) is 0 Å². The van der Waals surface area contributed by atoms with Crippen LogP contribution in [0.3, 0.4) is 0 Å². The van der Waals surface area contributed by atoms with Crippen LogP contribution in [0, 0.1) is 19.8 Å². The normalized spacial score (nSPS) is 10.9. The summed E-state index contributed by atoms with van der Waals surface area (Å²) in [7, 11) is 0. The van der Waals surface area contributed by atoms with Crippen molar-refractivity contribution in [3.05, 3.63) is 47.3 Å². The monoisotopic (exact) mass is 285 g/mol. The molecular formula is C17H23N3O. The van der Waals surface area contributed by atoms with Crippen LogP contribution in [0.2, 0.25) is 0 Å². The van der Waals surface area contributed by atoms with Gasteiger partial charge in [-0.1, -0.05) is 32.0 Å². The molecule has 0 spiro atoms. The molecule has 2 aromatic rings. The fourth-order valence-corrected chi connectivity index (χ4v) is 2.37.